The van der Waals surface area contributed by atoms with Gasteiger partial charge < -0.3 is 9.30 Å². The summed E-state index contributed by atoms with van der Waals surface area (Å²) in [5.74, 6) is 1.45. The molecule has 0 aliphatic rings. The minimum Gasteiger partial charge on any atom is -0.491 e. The van der Waals surface area contributed by atoms with Crippen molar-refractivity contribution in [1.82, 2.24) is 9.55 Å². The van der Waals surface area contributed by atoms with Gasteiger partial charge in [0.15, 0.2) is 0 Å². The van der Waals surface area contributed by atoms with Crippen molar-refractivity contribution in [2.45, 2.75) is 20.4 Å². The van der Waals surface area contributed by atoms with Crippen LogP contribution in [0.1, 0.15) is 11.4 Å². The van der Waals surface area contributed by atoms with Gasteiger partial charge in [0.2, 0.25) is 0 Å². The molecule has 1 aromatic heterocycles. The second-order valence-electron chi connectivity index (χ2n) is 5.06. The van der Waals surface area contributed by atoms with Crippen LogP contribution in [-0.2, 0) is 6.54 Å². The van der Waals surface area contributed by atoms with E-state index in [0.717, 1.165) is 28.2 Å². The SMILES string of the molecule is Cc1cc(F)ccc1OCCn1c(C)nc2ccccc21. The highest BCUT2D eigenvalue weighted by atomic mass is 19.1. The van der Waals surface area contributed by atoms with Crippen molar-refractivity contribution < 1.29 is 9.13 Å². The van der Waals surface area contributed by atoms with E-state index in [1.807, 2.05) is 32.0 Å². The molecule has 3 nitrogen and oxygen atoms in total. The van der Waals surface area contributed by atoms with Gasteiger partial charge in [-0.15, -0.1) is 0 Å². The van der Waals surface area contributed by atoms with Gasteiger partial charge in [0.25, 0.3) is 0 Å². The van der Waals surface area contributed by atoms with E-state index in [9.17, 15) is 4.39 Å². The number of aromatic nitrogens is 2. The Morgan fingerprint density at radius 1 is 1.14 bits per heavy atom. The molecule has 0 N–H and O–H groups in total. The molecule has 3 rings (SSSR count). The zero-order valence-electron chi connectivity index (χ0n) is 12.1. The van der Waals surface area contributed by atoms with Crippen LogP contribution in [0.25, 0.3) is 11.0 Å². The number of hydrogen-bond donors (Lipinski definition) is 0. The number of imidazole rings is 1. The maximum Gasteiger partial charge on any atom is 0.123 e. The van der Waals surface area contributed by atoms with Crippen LogP contribution in [-0.4, -0.2) is 16.2 Å². The minimum absolute atomic E-state index is 0.240. The molecule has 1 heterocycles. The first-order chi connectivity index (χ1) is 10.1. The molecule has 0 unspecified atom stereocenters. The fraction of sp³-hybridized carbons (Fsp3) is 0.235. The van der Waals surface area contributed by atoms with E-state index in [-0.39, 0.29) is 5.82 Å². The quantitative estimate of drug-likeness (QED) is 0.727. The van der Waals surface area contributed by atoms with Gasteiger partial charge in [0.05, 0.1) is 17.6 Å². The fourth-order valence-corrected chi connectivity index (χ4v) is 2.50. The number of para-hydroxylation sites is 2. The Morgan fingerprint density at radius 3 is 2.76 bits per heavy atom. The Labute approximate surface area is 123 Å². The average molecular weight is 284 g/mol. The van der Waals surface area contributed by atoms with Crippen molar-refractivity contribution in [2.24, 2.45) is 0 Å². The summed E-state index contributed by atoms with van der Waals surface area (Å²) < 4.78 is 20.9. The van der Waals surface area contributed by atoms with Crippen molar-refractivity contribution in [3.8, 4) is 5.75 Å². The second-order valence-corrected chi connectivity index (χ2v) is 5.06. The van der Waals surface area contributed by atoms with Gasteiger partial charge in [-0.3, -0.25) is 0 Å². The molecule has 0 amide bonds. The maximum atomic E-state index is 13.1. The lowest BCUT2D eigenvalue weighted by atomic mass is 10.2. The van der Waals surface area contributed by atoms with Gasteiger partial charge >= 0.3 is 0 Å². The van der Waals surface area contributed by atoms with Crippen molar-refractivity contribution in [3.63, 3.8) is 0 Å². The highest BCUT2D eigenvalue weighted by Gasteiger charge is 2.07. The minimum atomic E-state index is -0.240. The molecule has 0 aliphatic carbocycles. The lowest BCUT2D eigenvalue weighted by Gasteiger charge is -2.11. The molecule has 3 aromatic rings. The van der Waals surface area contributed by atoms with Gasteiger partial charge in [0, 0.05) is 0 Å². The smallest absolute Gasteiger partial charge is 0.123 e. The summed E-state index contributed by atoms with van der Waals surface area (Å²) >= 11 is 0. The summed E-state index contributed by atoms with van der Waals surface area (Å²) in [4.78, 5) is 4.53. The molecule has 4 heteroatoms. The van der Waals surface area contributed by atoms with Crippen LogP contribution in [0.5, 0.6) is 5.75 Å². The standard InChI is InChI=1S/C17H17FN2O/c1-12-11-14(18)7-8-17(12)21-10-9-20-13(2)19-15-5-3-4-6-16(15)20/h3-8,11H,9-10H2,1-2H3. The molecule has 2 aromatic carbocycles. The largest absolute Gasteiger partial charge is 0.491 e. The Morgan fingerprint density at radius 2 is 1.95 bits per heavy atom. The van der Waals surface area contributed by atoms with Crippen LogP contribution in [0.3, 0.4) is 0 Å². The van der Waals surface area contributed by atoms with Crippen LogP contribution in [0.4, 0.5) is 4.39 Å². The molecule has 0 saturated heterocycles. The van der Waals surface area contributed by atoms with Crippen molar-refractivity contribution in [2.75, 3.05) is 6.61 Å². The first-order valence-electron chi connectivity index (χ1n) is 6.96. The molecular weight excluding hydrogens is 267 g/mol. The van der Waals surface area contributed by atoms with E-state index in [1.165, 1.54) is 12.1 Å². The van der Waals surface area contributed by atoms with Crippen LogP contribution in [0.15, 0.2) is 42.5 Å². The third kappa shape index (κ3) is 2.75. The molecule has 21 heavy (non-hydrogen) atoms. The molecule has 0 spiro atoms. The van der Waals surface area contributed by atoms with Gasteiger partial charge in [-0.05, 0) is 49.7 Å². The molecule has 0 saturated carbocycles. The first kappa shape index (κ1) is 13.6. The Bertz CT molecular complexity index is 780. The summed E-state index contributed by atoms with van der Waals surface area (Å²) in [5, 5.41) is 0. The highest BCUT2D eigenvalue weighted by Crippen LogP contribution is 2.19. The summed E-state index contributed by atoms with van der Waals surface area (Å²) in [6.45, 7) is 5.07. The number of halogens is 1. The number of aryl methyl sites for hydroxylation is 2. The number of ether oxygens (including phenoxy) is 1. The van der Waals surface area contributed by atoms with Crippen LogP contribution in [0.2, 0.25) is 0 Å². The molecule has 0 radical (unpaired) electrons. The topological polar surface area (TPSA) is 27.1 Å². The van der Waals surface area contributed by atoms with E-state index >= 15 is 0 Å². The summed E-state index contributed by atoms with van der Waals surface area (Å²) in [7, 11) is 0. The van der Waals surface area contributed by atoms with Crippen molar-refractivity contribution in [1.29, 1.82) is 0 Å². The van der Waals surface area contributed by atoms with Gasteiger partial charge in [-0.1, -0.05) is 12.1 Å². The van der Waals surface area contributed by atoms with Gasteiger partial charge in [-0.2, -0.15) is 0 Å². The third-order valence-corrected chi connectivity index (χ3v) is 3.55. The lowest BCUT2D eigenvalue weighted by Crippen LogP contribution is -2.10. The monoisotopic (exact) mass is 284 g/mol. The number of rotatable bonds is 4. The summed E-state index contributed by atoms with van der Waals surface area (Å²) in [6.07, 6.45) is 0. The summed E-state index contributed by atoms with van der Waals surface area (Å²) in [5.41, 5.74) is 2.91. The normalized spacial score (nSPS) is 11.0. The predicted molar refractivity (Wildman–Crippen MR) is 81.1 cm³/mol. The van der Waals surface area contributed by atoms with Gasteiger partial charge in [0.1, 0.15) is 24.0 Å². The molecular formula is C17H17FN2O. The number of hydrogen-bond acceptors (Lipinski definition) is 2. The molecule has 0 bridgehead atoms. The number of nitrogens with zero attached hydrogens (tertiary/aromatic N) is 2. The van der Waals surface area contributed by atoms with Gasteiger partial charge in [-0.25, -0.2) is 9.37 Å². The van der Waals surface area contributed by atoms with E-state index < -0.39 is 0 Å². The maximum absolute atomic E-state index is 13.1. The zero-order chi connectivity index (χ0) is 14.8. The van der Waals surface area contributed by atoms with E-state index in [2.05, 4.69) is 15.6 Å². The molecule has 0 fully saturated rings. The third-order valence-electron chi connectivity index (χ3n) is 3.55. The predicted octanol–water partition coefficient (Wildman–Crippen LogP) is 3.87. The Kier molecular flexibility index (Phi) is 3.60. The van der Waals surface area contributed by atoms with Crippen molar-refractivity contribution >= 4 is 11.0 Å². The highest BCUT2D eigenvalue weighted by molar-refractivity contribution is 5.75. The average Bonchev–Trinajstić information content (AvgIpc) is 2.77. The van der Waals surface area contributed by atoms with Crippen LogP contribution in [0, 0.1) is 19.7 Å². The van der Waals surface area contributed by atoms with E-state index in [0.29, 0.717) is 13.2 Å². The molecule has 0 aliphatic heterocycles. The van der Waals surface area contributed by atoms with E-state index in [1.54, 1.807) is 6.07 Å². The molecule has 0 atom stereocenters. The Balaban J connectivity index is 1.73. The molecule has 108 valence electrons. The fourth-order valence-electron chi connectivity index (χ4n) is 2.50. The van der Waals surface area contributed by atoms with E-state index in [4.69, 9.17) is 4.74 Å². The number of benzene rings is 2. The second kappa shape index (κ2) is 5.56. The van der Waals surface area contributed by atoms with Crippen LogP contribution < -0.4 is 4.74 Å². The first-order valence-corrected chi connectivity index (χ1v) is 6.96. The number of fused-ring (bicyclic) bond motifs is 1. The van der Waals surface area contributed by atoms with Crippen molar-refractivity contribution in [3.05, 3.63) is 59.7 Å². The summed E-state index contributed by atoms with van der Waals surface area (Å²) in [6, 6.07) is 12.6. The van der Waals surface area contributed by atoms with Crippen LogP contribution >= 0.6 is 0 Å². The zero-order valence-corrected chi connectivity index (χ0v) is 12.1. The Hall–Kier alpha value is -2.36. The lowest BCUT2D eigenvalue weighted by molar-refractivity contribution is 0.296.